The first-order valence-electron chi connectivity index (χ1n) is 8.28. The molecule has 1 aliphatic carbocycles. The lowest BCUT2D eigenvalue weighted by atomic mass is 9.92. The molecule has 2 aromatic rings. The van der Waals surface area contributed by atoms with Crippen LogP contribution in [0.15, 0.2) is 24.4 Å². The van der Waals surface area contributed by atoms with E-state index >= 15 is 0 Å². The van der Waals surface area contributed by atoms with Gasteiger partial charge in [-0.2, -0.15) is 5.10 Å². The highest BCUT2D eigenvalue weighted by Gasteiger charge is 2.24. The van der Waals surface area contributed by atoms with Crippen LogP contribution in [-0.2, 0) is 13.5 Å². The maximum absolute atomic E-state index is 10.6. The van der Waals surface area contributed by atoms with E-state index in [1.165, 1.54) is 11.3 Å². The first kappa shape index (κ1) is 16.8. The minimum absolute atomic E-state index is 0.230. The van der Waals surface area contributed by atoms with Gasteiger partial charge in [0.15, 0.2) is 0 Å². The van der Waals surface area contributed by atoms with Gasteiger partial charge >= 0.3 is 0 Å². The van der Waals surface area contributed by atoms with Crippen molar-refractivity contribution >= 4 is 0 Å². The molecule has 2 N–H and O–H groups in total. The number of hydrogen-bond acceptors (Lipinski definition) is 5. The number of ether oxygens (including phenoxy) is 2. The van der Waals surface area contributed by atoms with Crippen molar-refractivity contribution in [1.29, 1.82) is 0 Å². The molecule has 24 heavy (non-hydrogen) atoms. The third-order valence-corrected chi connectivity index (χ3v) is 4.73. The molecule has 6 heteroatoms. The molecular weight excluding hydrogens is 306 g/mol. The maximum Gasteiger partial charge on any atom is 0.124 e. The fraction of sp³-hybridized carbons (Fsp3) is 0.500. The van der Waals surface area contributed by atoms with Gasteiger partial charge in [0.25, 0.3) is 0 Å². The minimum atomic E-state index is -0.669. The van der Waals surface area contributed by atoms with Crippen LogP contribution >= 0.6 is 0 Å². The summed E-state index contributed by atoms with van der Waals surface area (Å²) in [5, 5.41) is 18.5. The fourth-order valence-electron chi connectivity index (χ4n) is 3.38. The van der Waals surface area contributed by atoms with Gasteiger partial charge in [0.05, 0.1) is 26.5 Å². The third-order valence-electron chi connectivity index (χ3n) is 4.73. The highest BCUT2D eigenvalue weighted by atomic mass is 16.5. The number of aliphatic hydroxyl groups excluding tert-OH is 1. The second-order valence-corrected chi connectivity index (χ2v) is 6.15. The molecule has 1 aromatic heterocycles. The Hall–Kier alpha value is -2.05. The molecular formula is C18H25N3O3. The number of methoxy groups -OCH3 is 2. The van der Waals surface area contributed by atoms with Crippen molar-refractivity contribution in [3.8, 4) is 11.5 Å². The van der Waals surface area contributed by atoms with E-state index in [0.717, 1.165) is 24.8 Å². The summed E-state index contributed by atoms with van der Waals surface area (Å²) < 4.78 is 12.6. The average molecular weight is 331 g/mol. The van der Waals surface area contributed by atoms with Gasteiger partial charge in [-0.3, -0.25) is 4.68 Å². The molecule has 0 radical (unpaired) electrons. The summed E-state index contributed by atoms with van der Waals surface area (Å²) in [4.78, 5) is 0. The monoisotopic (exact) mass is 331 g/mol. The fourth-order valence-corrected chi connectivity index (χ4v) is 3.38. The van der Waals surface area contributed by atoms with Crippen molar-refractivity contribution in [1.82, 2.24) is 15.1 Å². The minimum Gasteiger partial charge on any atom is -0.497 e. The van der Waals surface area contributed by atoms with E-state index < -0.39 is 6.10 Å². The molecule has 130 valence electrons. The van der Waals surface area contributed by atoms with E-state index in [2.05, 4.69) is 10.4 Å². The Morgan fingerprint density at radius 2 is 2.21 bits per heavy atom. The summed E-state index contributed by atoms with van der Waals surface area (Å²) in [6.45, 7) is 0.447. The number of rotatable bonds is 6. The summed E-state index contributed by atoms with van der Waals surface area (Å²) in [7, 11) is 5.20. The highest BCUT2D eigenvalue weighted by Crippen LogP contribution is 2.32. The zero-order valence-corrected chi connectivity index (χ0v) is 14.5. The standard InChI is InChI=1S/C18H25N3O3/c1-21-16-6-4-5-15(14(16)10-20-21)19-11-17(22)13-9-12(23-2)7-8-18(13)24-3/h7-10,15,17,19,22H,4-6,11H2,1-3H3. The van der Waals surface area contributed by atoms with Crippen molar-refractivity contribution in [2.45, 2.75) is 31.4 Å². The van der Waals surface area contributed by atoms with E-state index in [1.54, 1.807) is 14.2 Å². The van der Waals surface area contributed by atoms with Gasteiger partial charge in [-0.1, -0.05) is 0 Å². The van der Waals surface area contributed by atoms with Crippen molar-refractivity contribution in [2.75, 3.05) is 20.8 Å². The lowest BCUT2D eigenvalue weighted by Crippen LogP contribution is -2.29. The van der Waals surface area contributed by atoms with E-state index in [-0.39, 0.29) is 6.04 Å². The SMILES string of the molecule is COc1ccc(OC)c(C(O)CNC2CCCc3c2cnn3C)c1. The van der Waals surface area contributed by atoms with Crippen LogP contribution in [0, 0.1) is 0 Å². The number of nitrogens with one attached hydrogen (secondary N) is 1. The highest BCUT2D eigenvalue weighted by molar-refractivity contribution is 5.41. The number of aromatic nitrogens is 2. The molecule has 1 aromatic carbocycles. The molecule has 0 bridgehead atoms. The Morgan fingerprint density at radius 1 is 1.38 bits per heavy atom. The summed E-state index contributed by atoms with van der Waals surface area (Å²) in [6, 6.07) is 5.69. The third kappa shape index (κ3) is 3.25. The molecule has 1 aliphatic rings. The number of benzene rings is 1. The number of aryl methyl sites for hydroxylation is 1. The van der Waals surface area contributed by atoms with Crippen LogP contribution in [0.3, 0.4) is 0 Å². The topological polar surface area (TPSA) is 68.5 Å². The predicted octanol–water partition coefficient (Wildman–Crippen LogP) is 2.14. The van der Waals surface area contributed by atoms with Gasteiger partial charge < -0.3 is 19.9 Å². The summed E-state index contributed by atoms with van der Waals surface area (Å²) in [6.07, 6.45) is 4.52. The molecule has 3 rings (SSSR count). The van der Waals surface area contributed by atoms with Crippen molar-refractivity contribution in [3.05, 3.63) is 41.2 Å². The first-order chi connectivity index (χ1) is 11.6. The van der Waals surface area contributed by atoms with Gasteiger partial charge in [-0.25, -0.2) is 0 Å². The maximum atomic E-state index is 10.6. The van der Waals surface area contributed by atoms with Crippen LogP contribution in [0.5, 0.6) is 11.5 Å². The zero-order valence-electron chi connectivity index (χ0n) is 14.5. The molecule has 0 spiro atoms. The van der Waals surface area contributed by atoms with Crippen LogP contribution in [-0.4, -0.2) is 35.7 Å². The number of nitrogens with zero attached hydrogens (tertiary/aromatic N) is 2. The van der Waals surface area contributed by atoms with Gasteiger partial charge in [-0.05, 0) is 37.5 Å². The van der Waals surface area contributed by atoms with Crippen LogP contribution in [0.25, 0.3) is 0 Å². The Labute approximate surface area is 142 Å². The molecule has 0 aliphatic heterocycles. The summed E-state index contributed by atoms with van der Waals surface area (Å²) in [5.74, 6) is 1.37. The molecule has 2 atom stereocenters. The second-order valence-electron chi connectivity index (χ2n) is 6.15. The van der Waals surface area contributed by atoms with Crippen molar-refractivity contribution in [2.24, 2.45) is 7.05 Å². The molecule has 1 heterocycles. The number of aliphatic hydroxyl groups is 1. The quantitative estimate of drug-likeness (QED) is 0.849. The molecule has 0 amide bonds. The summed E-state index contributed by atoms with van der Waals surface area (Å²) >= 11 is 0. The van der Waals surface area contributed by atoms with Crippen molar-refractivity contribution in [3.63, 3.8) is 0 Å². The Balaban J connectivity index is 1.71. The Bertz CT molecular complexity index is 699. The van der Waals surface area contributed by atoms with E-state index in [1.807, 2.05) is 36.1 Å². The normalized spacial score (nSPS) is 18.1. The van der Waals surface area contributed by atoms with Crippen LogP contribution in [0.1, 0.15) is 41.8 Å². The molecule has 0 fully saturated rings. The van der Waals surface area contributed by atoms with E-state index in [4.69, 9.17) is 9.47 Å². The predicted molar refractivity (Wildman–Crippen MR) is 91.4 cm³/mol. The summed E-state index contributed by atoms with van der Waals surface area (Å²) in [5.41, 5.74) is 3.26. The Kier molecular flexibility index (Phi) is 5.06. The first-order valence-corrected chi connectivity index (χ1v) is 8.28. The molecule has 6 nitrogen and oxygen atoms in total. The lowest BCUT2D eigenvalue weighted by Gasteiger charge is -2.25. The van der Waals surface area contributed by atoms with Gasteiger partial charge in [-0.15, -0.1) is 0 Å². The Morgan fingerprint density at radius 3 is 2.96 bits per heavy atom. The molecule has 0 saturated carbocycles. The van der Waals surface area contributed by atoms with Gasteiger partial charge in [0.2, 0.25) is 0 Å². The zero-order chi connectivity index (χ0) is 17.1. The molecule has 2 unspecified atom stereocenters. The van der Waals surface area contributed by atoms with Crippen LogP contribution in [0.4, 0.5) is 0 Å². The van der Waals surface area contributed by atoms with Crippen LogP contribution < -0.4 is 14.8 Å². The number of hydrogen-bond donors (Lipinski definition) is 2. The van der Waals surface area contributed by atoms with E-state index in [9.17, 15) is 5.11 Å². The smallest absolute Gasteiger partial charge is 0.124 e. The van der Waals surface area contributed by atoms with Crippen molar-refractivity contribution < 1.29 is 14.6 Å². The van der Waals surface area contributed by atoms with Gasteiger partial charge in [0.1, 0.15) is 11.5 Å². The van der Waals surface area contributed by atoms with E-state index in [0.29, 0.717) is 18.0 Å². The average Bonchev–Trinajstić information content (AvgIpc) is 3.01. The lowest BCUT2D eigenvalue weighted by molar-refractivity contribution is 0.163. The second kappa shape index (κ2) is 7.23. The largest absolute Gasteiger partial charge is 0.497 e. The van der Waals surface area contributed by atoms with Gasteiger partial charge in [0, 0.05) is 36.5 Å². The van der Waals surface area contributed by atoms with Crippen LogP contribution in [0.2, 0.25) is 0 Å². The number of fused-ring (bicyclic) bond motifs is 1. The molecule has 0 saturated heterocycles.